The van der Waals surface area contributed by atoms with Crippen LogP contribution in [-0.4, -0.2) is 26.8 Å². The van der Waals surface area contributed by atoms with E-state index in [-0.39, 0.29) is 5.54 Å². The quantitative estimate of drug-likeness (QED) is 0.859. The Kier molecular flexibility index (Phi) is 4.00. The fourth-order valence-corrected chi connectivity index (χ4v) is 2.65. The zero-order valence-electron chi connectivity index (χ0n) is 13.0. The Morgan fingerprint density at radius 3 is 2.53 bits per heavy atom. The van der Waals surface area contributed by atoms with Crippen molar-refractivity contribution in [3.63, 3.8) is 0 Å². The van der Waals surface area contributed by atoms with Gasteiger partial charge in [0.2, 0.25) is 0 Å². The first-order valence-corrected chi connectivity index (χ1v) is 7.46. The van der Waals surface area contributed by atoms with Crippen molar-refractivity contribution < 1.29 is 0 Å². The zero-order valence-corrected chi connectivity index (χ0v) is 13.0. The van der Waals surface area contributed by atoms with Crippen LogP contribution in [0.4, 0.5) is 0 Å². The van der Waals surface area contributed by atoms with Gasteiger partial charge in [-0.05, 0) is 51.9 Å². The van der Waals surface area contributed by atoms with Crippen LogP contribution in [0, 0.1) is 11.3 Å². The molecule has 0 aromatic carbocycles. The van der Waals surface area contributed by atoms with Crippen molar-refractivity contribution in [3.05, 3.63) is 12.2 Å². The predicted molar refractivity (Wildman–Crippen MR) is 78.0 cm³/mol. The summed E-state index contributed by atoms with van der Waals surface area (Å²) in [7, 11) is 0. The second kappa shape index (κ2) is 5.23. The molecule has 0 amide bonds. The highest BCUT2D eigenvalue weighted by molar-refractivity contribution is 5.01. The number of hydrogen-bond acceptors (Lipinski definition) is 3. The van der Waals surface area contributed by atoms with E-state index in [1.54, 1.807) is 6.33 Å². The molecule has 4 nitrogen and oxygen atoms in total. The third-order valence-electron chi connectivity index (χ3n) is 4.14. The van der Waals surface area contributed by atoms with Crippen molar-refractivity contribution in [1.82, 2.24) is 20.1 Å². The number of aromatic nitrogens is 3. The summed E-state index contributed by atoms with van der Waals surface area (Å²) in [5, 5.41) is 7.97. The fourth-order valence-electron chi connectivity index (χ4n) is 2.65. The number of nitrogens with one attached hydrogen (secondary N) is 1. The highest BCUT2D eigenvalue weighted by atomic mass is 15.3. The van der Waals surface area contributed by atoms with Gasteiger partial charge in [0.25, 0.3) is 0 Å². The average Bonchev–Trinajstić information content (AvgIpc) is 3.09. The van der Waals surface area contributed by atoms with E-state index in [2.05, 4.69) is 50.0 Å². The first-order chi connectivity index (χ1) is 8.84. The van der Waals surface area contributed by atoms with Crippen LogP contribution in [0.3, 0.4) is 0 Å². The van der Waals surface area contributed by atoms with Gasteiger partial charge in [-0.2, -0.15) is 5.10 Å². The molecule has 1 fully saturated rings. The zero-order chi connectivity index (χ0) is 14.1. The van der Waals surface area contributed by atoms with Gasteiger partial charge in [-0.1, -0.05) is 6.92 Å². The predicted octanol–water partition coefficient (Wildman–Crippen LogP) is 2.64. The highest BCUT2D eigenvalue weighted by Gasteiger charge is 2.42. The van der Waals surface area contributed by atoms with Gasteiger partial charge in [-0.25, -0.2) is 4.98 Å². The van der Waals surface area contributed by atoms with Crippen molar-refractivity contribution in [2.75, 3.05) is 6.54 Å². The molecule has 0 aliphatic heterocycles. The number of rotatable bonds is 6. The highest BCUT2D eigenvalue weighted by Crippen LogP contribution is 2.47. The normalized spacial score (nSPS) is 19.4. The van der Waals surface area contributed by atoms with Gasteiger partial charge >= 0.3 is 0 Å². The number of aryl methyl sites for hydroxylation is 1. The molecule has 1 aromatic heterocycles. The summed E-state index contributed by atoms with van der Waals surface area (Å²) in [6.45, 7) is 13.2. The molecule has 1 aliphatic carbocycles. The summed E-state index contributed by atoms with van der Waals surface area (Å²) in [5.74, 6) is 1.97. The van der Waals surface area contributed by atoms with Crippen LogP contribution in [0.2, 0.25) is 0 Å². The molecule has 19 heavy (non-hydrogen) atoms. The lowest BCUT2D eigenvalue weighted by atomic mass is 9.80. The average molecular weight is 264 g/mol. The van der Waals surface area contributed by atoms with Crippen LogP contribution >= 0.6 is 0 Å². The molecule has 1 unspecified atom stereocenters. The van der Waals surface area contributed by atoms with Gasteiger partial charge in [0.15, 0.2) is 0 Å². The summed E-state index contributed by atoms with van der Waals surface area (Å²) in [6.07, 6.45) is 5.43. The monoisotopic (exact) mass is 264 g/mol. The molecule has 1 heterocycles. The SMILES string of the molecule is CCn1ncnc1CC(C)(CNC(C)(C)C)C1CC1. The van der Waals surface area contributed by atoms with Gasteiger partial charge in [0.1, 0.15) is 12.2 Å². The van der Waals surface area contributed by atoms with Crippen LogP contribution in [-0.2, 0) is 13.0 Å². The number of hydrogen-bond donors (Lipinski definition) is 1. The summed E-state index contributed by atoms with van der Waals surface area (Å²) in [4.78, 5) is 4.45. The molecule has 1 saturated carbocycles. The standard InChI is InChI=1S/C15H28N4/c1-6-19-13(16-11-18-19)9-15(5,12-7-8-12)10-17-14(2,3)4/h11-12,17H,6-10H2,1-5H3. The molecule has 1 aromatic rings. The minimum absolute atomic E-state index is 0.175. The van der Waals surface area contributed by atoms with E-state index in [1.165, 1.54) is 12.8 Å². The Morgan fingerprint density at radius 2 is 2.00 bits per heavy atom. The Hall–Kier alpha value is -0.900. The molecule has 108 valence electrons. The van der Waals surface area contributed by atoms with E-state index in [4.69, 9.17) is 0 Å². The van der Waals surface area contributed by atoms with Gasteiger partial charge in [0.05, 0.1) is 0 Å². The van der Waals surface area contributed by atoms with Crippen LogP contribution < -0.4 is 5.32 Å². The third kappa shape index (κ3) is 3.78. The molecule has 0 spiro atoms. The molecular formula is C15H28N4. The Labute approximate surface area is 117 Å². The summed E-state index contributed by atoms with van der Waals surface area (Å²) in [6, 6.07) is 0. The molecule has 0 saturated heterocycles. The topological polar surface area (TPSA) is 42.7 Å². The molecule has 2 rings (SSSR count). The van der Waals surface area contributed by atoms with Crippen molar-refractivity contribution >= 4 is 0 Å². The van der Waals surface area contributed by atoms with Crippen LogP contribution in [0.15, 0.2) is 6.33 Å². The maximum absolute atomic E-state index is 4.45. The van der Waals surface area contributed by atoms with Crippen LogP contribution in [0.25, 0.3) is 0 Å². The van der Waals surface area contributed by atoms with Crippen molar-refractivity contribution in [2.45, 2.75) is 66.0 Å². The van der Waals surface area contributed by atoms with E-state index >= 15 is 0 Å². The Balaban J connectivity index is 2.07. The molecule has 4 heteroatoms. The third-order valence-corrected chi connectivity index (χ3v) is 4.14. The van der Waals surface area contributed by atoms with Crippen molar-refractivity contribution in [1.29, 1.82) is 0 Å². The van der Waals surface area contributed by atoms with E-state index in [1.807, 2.05) is 4.68 Å². The van der Waals surface area contributed by atoms with E-state index in [0.717, 1.165) is 31.3 Å². The van der Waals surface area contributed by atoms with Crippen LogP contribution in [0.1, 0.15) is 53.3 Å². The molecule has 1 aliphatic rings. The van der Waals surface area contributed by atoms with Crippen LogP contribution in [0.5, 0.6) is 0 Å². The minimum atomic E-state index is 0.175. The van der Waals surface area contributed by atoms with Crippen molar-refractivity contribution in [2.24, 2.45) is 11.3 Å². The summed E-state index contributed by atoms with van der Waals surface area (Å²) < 4.78 is 2.03. The second-order valence-electron chi connectivity index (χ2n) is 7.20. The van der Waals surface area contributed by atoms with E-state index in [0.29, 0.717) is 5.41 Å². The summed E-state index contributed by atoms with van der Waals surface area (Å²) >= 11 is 0. The lowest BCUT2D eigenvalue weighted by molar-refractivity contribution is 0.221. The smallest absolute Gasteiger partial charge is 0.138 e. The lowest BCUT2D eigenvalue weighted by Gasteiger charge is -2.33. The molecule has 0 radical (unpaired) electrons. The molecule has 1 atom stereocenters. The molecular weight excluding hydrogens is 236 g/mol. The number of nitrogens with zero attached hydrogens (tertiary/aromatic N) is 3. The first kappa shape index (κ1) is 14.5. The first-order valence-electron chi connectivity index (χ1n) is 7.46. The largest absolute Gasteiger partial charge is 0.312 e. The molecule has 1 N–H and O–H groups in total. The van der Waals surface area contributed by atoms with Gasteiger partial charge in [0, 0.05) is 25.0 Å². The maximum atomic E-state index is 4.45. The summed E-state index contributed by atoms with van der Waals surface area (Å²) in [5.41, 5.74) is 0.474. The van der Waals surface area contributed by atoms with E-state index < -0.39 is 0 Å². The maximum Gasteiger partial charge on any atom is 0.138 e. The van der Waals surface area contributed by atoms with Crippen molar-refractivity contribution in [3.8, 4) is 0 Å². The second-order valence-corrected chi connectivity index (χ2v) is 7.20. The minimum Gasteiger partial charge on any atom is -0.312 e. The van der Waals surface area contributed by atoms with Gasteiger partial charge in [-0.3, -0.25) is 4.68 Å². The lowest BCUT2D eigenvalue weighted by Crippen LogP contribution is -2.45. The Morgan fingerprint density at radius 1 is 1.32 bits per heavy atom. The van der Waals surface area contributed by atoms with Gasteiger partial charge in [-0.15, -0.1) is 0 Å². The van der Waals surface area contributed by atoms with E-state index in [9.17, 15) is 0 Å². The molecule has 0 bridgehead atoms. The van der Waals surface area contributed by atoms with Gasteiger partial charge < -0.3 is 5.32 Å². The Bertz CT molecular complexity index is 414. The fraction of sp³-hybridized carbons (Fsp3) is 0.867.